The second-order valence-corrected chi connectivity index (χ2v) is 11.7. The predicted octanol–water partition coefficient (Wildman–Crippen LogP) is 10.6. The minimum absolute atomic E-state index is 0.0961. The van der Waals surface area contributed by atoms with E-state index in [1.165, 1.54) is 32.7 Å². The highest BCUT2D eigenvalue weighted by Crippen LogP contribution is 2.45. The number of rotatable bonds is 4. The van der Waals surface area contributed by atoms with E-state index in [1.54, 1.807) is 0 Å². The lowest BCUT2D eigenvalue weighted by molar-refractivity contribution is 0.932. The molecule has 46 heavy (non-hydrogen) atoms. The number of para-hydroxylation sites is 4. The monoisotopic (exact) mass is 588 g/mol. The first kappa shape index (κ1) is 26.2. The molecule has 0 saturated heterocycles. The Labute approximate surface area is 265 Å². The summed E-state index contributed by atoms with van der Waals surface area (Å²) in [6.07, 6.45) is 0. The van der Waals surface area contributed by atoms with Crippen LogP contribution in [-0.4, -0.2) is 9.13 Å². The molecule has 216 valence electrons. The van der Waals surface area contributed by atoms with Gasteiger partial charge in [0.2, 0.25) is 0 Å². The van der Waals surface area contributed by atoms with Crippen LogP contribution < -0.4 is 5.69 Å². The van der Waals surface area contributed by atoms with Gasteiger partial charge in [-0.1, -0.05) is 133 Å². The van der Waals surface area contributed by atoms with Gasteiger partial charge in [0, 0.05) is 5.56 Å². The molecule has 1 aromatic heterocycles. The number of nitrogens with zero attached hydrogens (tertiary/aromatic N) is 2. The van der Waals surface area contributed by atoms with Gasteiger partial charge in [-0.3, -0.25) is 9.13 Å². The quantitative estimate of drug-likeness (QED) is 0.188. The lowest BCUT2D eigenvalue weighted by Gasteiger charge is -2.20. The first-order chi connectivity index (χ1) is 22.8. The van der Waals surface area contributed by atoms with Crippen LogP contribution in [0.5, 0.6) is 0 Å². The summed E-state index contributed by atoms with van der Waals surface area (Å²) < 4.78 is 3.68. The van der Waals surface area contributed by atoms with E-state index in [0.29, 0.717) is 0 Å². The molecule has 3 heteroatoms. The zero-order chi connectivity index (χ0) is 30.6. The maximum absolute atomic E-state index is 14.5. The standard InChI is InChI=1S/C43H28N2O/c46-43-44(32-16-2-1-3-17-32)39-24-12-13-25-40(39)45(43)38-23-11-10-22-37(38)42-35-20-8-6-18-33(35)41(34-19-7-9-21-36(34)42)31-27-26-29-14-4-5-15-30(29)28-31/h1-28H. The Bertz CT molecular complexity index is 2610. The SMILES string of the molecule is O=c1n(-c2ccccc2)c2ccccc2n1-c1ccccc1-c1c2ccccc2c(-c2ccc3ccccc3c2)c2ccccc12. The van der Waals surface area contributed by atoms with E-state index in [9.17, 15) is 4.79 Å². The van der Waals surface area contributed by atoms with E-state index in [-0.39, 0.29) is 5.69 Å². The molecule has 0 saturated carbocycles. The first-order valence-electron chi connectivity index (χ1n) is 15.6. The number of hydrogen-bond acceptors (Lipinski definition) is 1. The second-order valence-electron chi connectivity index (χ2n) is 11.7. The fraction of sp³-hybridized carbons (Fsp3) is 0. The third kappa shape index (κ3) is 3.96. The minimum Gasteiger partial charge on any atom is -0.260 e. The van der Waals surface area contributed by atoms with Crippen molar-refractivity contribution in [1.82, 2.24) is 9.13 Å². The molecule has 1 heterocycles. The summed E-state index contributed by atoms with van der Waals surface area (Å²) in [4.78, 5) is 14.5. The minimum atomic E-state index is -0.0961. The highest BCUT2D eigenvalue weighted by atomic mass is 16.1. The van der Waals surface area contributed by atoms with Gasteiger partial charge in [0.25, 0.3) is 0 Å². The molecule has 0 unspecified atom stereocenters. The summed E-state index contributed by atoms with van der Waals surface area (Å²) in [6.45, 7) is 0. The molecule has 9 aromatic rings. The summed E-state index contributed by atoms with van der Waals surface area (Å²) in [5.74, 6) is 0. The molecule has 0 N–H and O–H groups in total. The van der Waals surface area contributed by atoms with Crippen LogP contribution in [0.4, 0.5) is 0 Å². The van der Waals surface area contributed by atoms with Crippen molar-refractivity contribution in [3.8, 4) is 33.6 Å². The lowest BCUT2D eigenvalue weighted by atomic mass is 9.85. The number of hydrogen-bond donors (Lipinski definition) is 0. The van der Waals surface area contributed by atoms with Crippen molar-refractivity contribution in [2.75, 3.05) is 0 Å². The average molecular weight is 589 g/mol. The molecule has 0 aliphatic carbocycles. The number of benzene rings is 8. The van der Waals surface area contributed by atoms with Crippen molar-refractivity contribution in [3.63, 3.8) is 0 Å². The topological polar surface area (TPSA) is 26.9 Å². The van der Waals surface area contributed by atoms with Crippen molar-refractivity contribution >= 4 is 43.4 Å². The highest BCUT2D eigenvalue weighted by molar-refractivity contribution is 6.22. The molecule has 9 rings (SSSR count). The van der Waals surface area contributed by atoms with Gasteiger partial charge in [0.1, 0.15) is 0 Å². The van der Waals surface area contributed by atoms with Crippen LogP contribution in [0.25, 0.3) is 77.0 Å². The summed E-state index contributed by atoms with van der Waals surface area (Å²) in [5, 5.41) is 7.11. The van der Waals surface area contributed by atoms with Gasteiger partial charge in [-0.05, 0) is 85.4 Å². The summed E-state index contributed by atoms with van der Waals surface area (Å²) in [6, 6.07) is 58.9. The van der Waals surface area contributed by atoms with Crippen LogP contribution in [0, 0.1) is 0 Å². The van der Waals surface area contributed by atoms with Gasteiger partial charge in [0.15, 0.2) is 0 Å². The molecular formula is C43H28N2O. The number of aromatic nitrogens is 2. The molecule has 0 atom stereocenters. The van der Waals surface area contributed by atoms with Crippen LogP contribution in [0.2, 0.25) is 0 Å². The summed E-state index contributed by atoms with van der Waals surface area (Å²) in [5.41, 5.74) is 7.88. The molecule has 0 radical (unpaired) electrons. The Morgan fingerprint density at radius 2 is 0.913 bits per heavy atom. The van der Waals surface area contributed by atoms with E-state index in [4.69, 9.17) is 0 Å². The van der Waals surface area contributed by atoms with Crippen molar-refractivity contribution in [1.29, 1.82) is 0 Å². The third-order valence-corrected chi connectivity index (χ3v) is 9.14. The van der Waals surface area contributed by atoms with Crippen LogP contribution in [0.3, 0.4) is 0 Å². The molecule has 0 aliphatic rings. The molecule has 0 fully saturated rings. The molecular weight excluding hydrogens is 560 g/mol. The van der Waals surface area contributed by atoms with E-state index >= 15 is 0 Å². The Hall–Kier alpha value is -6.19. The van der Waals surface area contributed by atoms with Gasteiger partial charge in [-0.25, -0.2) is 4.79 Å². The van der Waals surface area contributed by atoms with Gasteiger partial charge in [-0.2, -0.15) is 0 Å². The van der Waals surface area contributed by atoms with E-state index in [2.05, 4.69) is 109 Å². The van der Waals surface area contributed by atoms with Crippen molar-refractivity contribution in [2.45, 2.75) is 0 Å². The second kappa shape index (κ2) is 10.5. The number of imidazole rings is 1. The predicted molar refractivity (Wildman–Crippen MR) is 192 cm³/mol. The fourth-order valence-electron chi connectivity index (χ4n) is 7.16. The van der Waals surface area contributed by atoms with Gasteiger partial charge >= 0.3 is 5.69 Å². The lowest BCUT2D eigenvalue weighted by Crippen LogP contribution is -2.22. The molecule has 0 bridgehead atoms. The average Bonchev–Trinajstić information content (AvgIpc) is 3.42. The largest absolute Gasteiger partial charge is 0.338 e. The van der Waals surface area contributed by atoms with Crippen LogP contribution in [-0.2, 0) is 0 Å². The molecule has 0 aliphatic heterocycles. The third-order valence-electron chi connectivity index (χ3n) is 9.14. The Morgan fingerprint density at radius 1 is 0.391 bits per heavy atom. The first-order valence-corrected chi connectivity index (χ1v) is 15.6. The molecule has 3 nitrogen and oxygen atoms in total. The van der Waals surface area contributed by atoms with Crippen LogP contribution in [0.1, 0.15) is 0 Å². The molecule has 8 aromatic carbocycles. The van der Waals surface area contributed by atoms with Crippen LogP contribution >= 0.6 is 0 Å². The van der Waals surface area contributed by atoms with E-state index in [1.807, 2.05) is 69.8 Å². The van der Waals surface area contributed by atoms with Crippen LogP contribution in [0.15, 0.2) is 175 Å². The van der Waals surface area contributed by atoms with Crippen molar-refractivity contribution in [2.24, 2.45) is 0 Å². The zero-order valence-corrected chi connectivity index (χ0v) is 25.0. The van der Waals surface area contributed by atoms with Gasteiger partial charge < -0.3 is 0 Å². The Kier molecular flexibility index (Phi) is 5.97. The summed E-state index contributed by atoms with van der Waals surface area (Å²) in [7, 11) is 0. The van der Waals surface area contributed by atoms with Gasteiger partial charge in [-0.15, -0.1) is 0 Å². The molecule has 0 amide bonds. The van der Waals surface area contributed by atoms with Gasteiger partial charge in [0.05, 0.1) is 22.4 Å². The summed E-state index contributed by atoms with van der Waals surface area (Å²) >= 11 is 0. The fourth-order valence-corrected chi connectivity index (χ4v) is 7.16. The Balaban J connectivity index is 1.38. The highest BCUT2D eigenvalue weighted by Gasteiger charge is 2.22. The maximum atomic E-state index is 14.5. The molecule has 0 spiro atoms. The van der Waals surface area contributed by atoms with Crippen molar-refractivity contribution in [3.05, 3.63) is 180 Å². The smallest absolute Gasteiger partial charge is 0.260 e. The van der Waals surface area contributed by atoms with E-state index < -0.39 is 0 Å². The van der Waals surface area contributed by atoms with E-state index in [0.717, 1.165) is 44.3 Å². The van der Waals surface area contributed by atoms with Crippen molar-refractivity contribution < 1.29 is 0 Å². The number of fused-ring (bicyclic) bond motifs is 4. The zero-order valence-electron chi connectivity index (χ0n) is 25.0. The normalized spacial score (nSPS) is 11.6. The Morgan fingerprint density at radius 3 is 1.61 bits per heavy atom. The maximum Gasteiger partial charge on any atom is 0.338 e.